The number of hydrogen-bond acceptors (Lipinski definition) is 3. The smallest absolute Gasteiger partial charge is 0.257 e. The van der Waals surface area contributed by atoms with Gasteiger partial charge in [-0.2, -0.15) is 0 Å². The highest BCUT2D eigenvalue weighted by Gasteiger charge is 2.06. The van der Waals surface area contributed by atoms with Crippen LogP contribution in [0.15, 0.2) is 47.2 Å². The van der Waals surface area contributed by atoms with Crippen molar-refractivity contribution < 1.29 is 9.53 Å². The minimum Gasteiger partial charge on any atom is -0.494 e. The van der Waals surface area contributed by atoms with Crippen molar-refractivity contribution in [1.82, 2.24) is 4.98 Å². The molecule has 0 atom stereocenters. The average Bonchev–Trinajstić information content (AvgIpc) is 2.40. The van der Waals surface area contributed by atoms with E-state index in [1.807, 2.05) is 25.1 Å². The van der Waals surface area contributed by atoms with Gasteiger partial charge in [-0.25, -0.2) is 4.98 Å². The number of halogens is 1. The highest BCUT2D eigenvalue weighted by atomic mass is 79.9. The molecular weight excluding hydrogens is 308 g/mol. The van der Waals surface area contributed by atoms with Crippen LogP contribution < -0.4 is 10.1 Å². The molecule has 0 spiro atoms. The number of amides is 1. The Morgan fingerprint density at radius 3 is 2.89 bits per heavy atom. The van der Waals surface area contributed by atoms with Crippen LogP contribution >= 0.6 is 15.9 Å². The zero-order valence-electron chi connectivity index (χ0n) is 10.4. The maximum Gasteiger partial charge on any atom is 0.257 e. The number of ether oxygens (including phenoxy) is 1. The Hall–Kier alpha value is -1.88. The minimum atomic E-state index is -0.200. The summed E-state index contributed by atoms with van der Waals surface area (Å²) in [6, 6.07) is 10.7. The Labute approximate surface area is 119 Å². The van der Waals surface area contributed by atoms with Crippen LogP contribution in [0, 0.1) is 0 Å². The molecule has 0 saturated carbocycles. The number of aromatic nitrogens is 1. The molecule has 0 aliphatic rings. The highest BCUT2D eigenvalue weighted by molar-refractivity contribution is 9.10. The molecule has 1 aromatic carbocycles. The summed E-state index contributed by atoms with van der Waals surface area (Å²) in [4.78, 5) is 16.0. The second-order valence-corrected chi connectivity index (χ2v) is 4.60. The molecule has 0 fully saturated rings. The molecule has 0 aliphatic heterocycles. The fraction of sp³-hybridized carbons (Fsp3) is 0.143. The summed E-state index contributed by atoms with van der Waals surface area (Å²) in [5.74, 6) is 0.530. The SMILES string of the molecule is CCOc1cccc(NC(=O)c2ccc(Br)nc2)c1. The number of hydrogen-bond donors (Lipinski definition) is 1. The van der Waals surface area contributed by atoms with E-state index in [-0.39, 0.29) is 5.91 Å². The maximum atomic E-state index is 12.0. The van der Waals surface area contributed by atoms with E-state index in [9.17, 15) is 4.79 Å². The first kappa shape index (κ1) is 13.5. The maximum absolute atomic E-state index is 12.0. The third-order valence-electron chi connectivity index (χ3n) is 2.39. The van der Waals surface area contributed by atoms with Gasteiger partial charge in [0.1, 0.15) is 10.4 Å². The van der Waals surface area contributed by atoms with Crippen molar-refractivity contribution >= 4 is 27.5 Å². The number of pyridine rings is 1. The summed E-state index contributed by atoms with van der Waals surface area (Å²) in [5.41, 5.74) is 1.20. The zero-order chi connectivity index (χ0) is 13.7. The second kappa shape index (κ2) is 6.33. The third kappa shape index (κ3) is 3.79. The van der Waals surface area contributed by atoms with Gasteiger partial charge in [-0.1, -0.05) is 6.07 Å². The summed E-state index contributed by atoms with van der Waals surface area (Å²) in [6.45, 7) is 2.51. The third-order valence-corrected chi connectivity index (χ3v) is 2.86. The highest BCUT2D eigenvalue weighted by Crippen LogP contribution is 2.18. The standard InChI is InChI=1S/C14H13BrN2O2/c1-2-19-12-5-3-4-11(8-12)17-14(18)10-6-7-13(15)16-9-10/h3-9H,2H2,1H3,(H,17,18). The second-order valence-electron chi connectivity index (χ2n) is 3.78. The van der Waals surface area contributed by atoms with Crippen LogP contribution in [-0.4, -0.2) is 17.5 Å². The van der Waals surface area contributed by atoms with Crippen LogP contribution in [0.25, 0.3) is 0 Å². The Balaban J connectivity index is 2.10. The number of carbonyl (C=O) groups excluding carboxylic acids is 1. The van der Waals surface area contributed by atoms with Crippen molar-refractivity contribution in [2.45, 2.75) is 6.92 Å². The van der Waals surface area contributed by atoms with Gasteiger partial charge >= 0.3 is 0 Å². The number of anilines is 1. The molecule has 2 rings (SSSR count). The summed E-state index contributed by atoms with van der Waals surface area (Å²) < 4.78 is 6.08. The van der Waals surface area contributed by atoms with Crippen molar-refractivity contribution in [3.63, 3.8) is 0 Å². The van der Waals surface area contributed by atoms with E-state index in [0.717, 1.165) is 5.75 Å². The first-order chi connectivity index (χ1) is 9.19. The first-order valence-corrected chi connectivity index (χ1v) is 6.64. The largest absolute Gasteiger partial charge is 0.494 e. The lowest BCUT2D eigenvalue weighted by molar-refractivity contribution is 0.102. The monoisotopic (exact) mass is 320 g/mol. The van der Waals surface area contributed by atoms with E-state index in [4.69, 9.17) is 4.74 Å². The molecule has 0 aliphatic carbocycles. The normalized spacial score (nSPS) is 10.0. The lowest BCUT2D eigenvalue weighted by Crippen LogP contribution is -2.12. The van der Waals surface area contributed by atoms with Gasteiger partial charge < -0.3 is 10.1 Å². The van der Waals surface area contributed by atoms with Crippen molar-refractivity contribution in [3.8, 4) is 5.75 Å². The lowest BCUT2D eigenvalue weighted by Gasteiger charge is -2.07. The Morgan fingerprint density at radius 2 is 2.21 bits per heavy atom. The summed E-state index contributed by atoms with van der Waals surface area (Å²) in [7, 11) is 0. The first-order valence-electron chi connectivity index (χ1n) is 5.85. The molecule has 1 heterocycles. The molecule has 0 radical (unpaired) electrons. The lowest BCUT2D eigenvalue weighted by atomic mass is 10.2. The minimum absolute atomic E-state index is 0.200. The number of rotatable bonds is 4. The Morgan fingerprint density at radius 1 is 1.37 bits per heavy atom. The van der Waals surface area contributed by atoms with E-state index in [1.54, 1.807) is 18.2 Å². The molecule has 1 aromatic heterocycles. The average molecular weight is 321 g/mol. The Kier molecular flexibility index (Phi) is 4.52. The molecule has 1 amide bonds. The van der Waals surface area contributed by atoms with Gasteiger partial charge in [0.2, 0.25) is 0 Å². The molecule has 2 aromatic rings. The van der Waals surface area contributed by atoms with Crippen LogP contribution in [0.2, 0.25) is 0 Å². The molecule has 1 N–H and O–H groups in total. The predicted octanol–water partition coefficient (Wildman–Crippen LogP) is 3.50. The van der Waals surface area contributed by atoms with E-state index < -0.39 is 0 Å². The number of carbonyl (C=O) groups is 1. The summed E-state index contributed by atoms with van der Waals surface area (Å²) in [6.07, 6.45) is 1.52. The van der Waals surface area contributed by atoms with Crippen molar-refractivity contribution in [2.75, 3.05) is 11.9 Å². The number of nitrogens with zero attached hydrogens (tertiary/aromatic N) is 1. The van der Waals surface area contributed by atoms with Gasteiger partial charge in [-0.3, -0.25) is 4.79 Å². The van der Waals surface area contributed by atoms with E-state index >= 15 is 0 Å². The molecule has 19 heavy (non-hydrogen) atoms. The van der Waals surface area contributed by atoms with Gasteiger partial charge in [-0.05, 0) is 47.1 Å². The molecule has 4 nitrogen and oxygen atoms in total. The summed E-state index contributed by atoms with van der Waals surface area (Å²) in [5, 5.41) is 2.80. The molecule has 98 valence electrons. The zero-order valence-corrected chi connectivity index (χ0v) is 12.0. The van der Waals surface area contributed by atoms with Gasteiger partial charge in [0, 0.05) is 18.0 Å². The van der Waals surface area contributed by atoms with Gasteiger partial charge in [0.15, 0.2) is 0 Å². The van der Waals surface area contributed by atoms with Crippen molar-refractivity contribution in [2.24, 2.45) is 0 Å². The van der Waals surface area contributed by atoms with Crippen LogP contribution in [0.3, 0.4) is 0 Å². The van der Waals surface area contributed by atoms with Crippen LogP contribution in [0.4, 0.5) is 5.69 Å². The fourth-order valence-corrected chi connectivity index (χ4v) is 1.78. The summed E-state index contributed by atoms with van der Waals surface area (Å²) >= 11 is 3.23. The van der Waals surface area contributed by atoms with Crippen molar-refractivity contribution in [3.05, 3.63) is 52.8 Å². The van der Waals surface area contributed by atoms with E-state index in [1.165, 1.54) is 6.20 Å². The van der Waals surface area contributed by atoms with Crippen LogP contribution in [-0.2, 0) is 0 Å². The Bertz CT molecular complexity index is 570. The van der Waals surface area contributed by atoms with Gasteiger partial charge in [-0.15, -0.1) is 0 Å². The molecular formula is C14H13BrN2O2. The quantitative estimate of drug-likeness (QED) is 0.877. The van der Waals surface area contributed by atoms with Gasteiger partial charge in [0.25, 0.3) is 5.91 Å². The molecule has 0 bridgehead atoms. The fourth-order valence-electron chi connectivity index (χ4n) is 1.54. The number of benzene rings is 1. The van der Waals surface area contributed by atoms with Gasteiger partial charge in [0.05, 0.1) is 12.2 Å². The number of nitrogens with one attached hydrogen (secondary N) is 1. The predicted molar refractivity (Wildman–Crippen MR) is 77.5 cm³/mol. The topological polar surface area (TPSA) is 51.2 Å². The molecule has 5 heteroatoms. The van der Waals surface area contributed by atoms with E-state index in [0.29, 0.717) is 22.5 Å². The van der Waals surface area contributed by atoms with Crippen molar-refractivity contribution in [1.29, 1.82) is 0 Å². The van der Waals surface area contributed by atoms with E-state index in [2.05, 4.69) is 26.2 Å². The molecule has 0 unspecified atom stereocenters. The van der Waals surface area contributed by atoms with Crippen LogP contribution in [0.5, 0.6) is 5.75 Å². The van der Waals surface area contributed by atoms with Crippen LogP contribution in [0.1, 0.15) is 17.3 Å². The molecule has 0 saturated heterocycles.